The smallest absolute Gasteiger partial charge is 0.399 e. The van der Waals surface area contributed by atoms with Crippen LogP contribution in [0.3, 0.4) is 0 Å². The zero-order valence-corrected chi connectivity index (χ0v) is 14.3. The predicted octanol–water partition coefficient (Wildman–Crippen LogP) is 1.57. The summed E-state index contributed by atoms with van der Waals surface area (Å²) >= 11 is 0. The van der Waals surface area contributed by atoms with Gasteiger partial charge < -0.3 is 14.6 Å². The first-order chi connectivity index (χ1) is 10.4. The maximum atomic E-state index is 6.07. The largest absolute Gasteiger partial charge is 0.498 e. The summed E-state index contributed by atoms with van der Waals surface area (Å²) in [4.78, 5) is 0. The highest BCUT2D eigenvalue weighted by atomic mass is 16.7. The molecule has 3 heterocycles. The van der Waals surface area contributed by atoms with Crippen molar-refractivity contribution < 1.29 is 9.31 Å². The molecule has 0 spiro atoms. The number of aromatic nitrogens is 2. The van der Waals surface area contributed by atoms with Crippen molar-refractivity contribution in [3.05, 3.63) is 12.4 Å². The average Bonchev–Trinajstić information content (AvgIpc) is 3.01. The molecule has 0 atom stereocenters. The highest BCUT2D eigenvalue weighted by Gasteiger charge is 2.52. The summed E-state index contributed by atoms with van der Waals surface area (Å²) in [6.07, 6.45) is 7.72. The first kappa shape index (κ1) is 16.0. The van der Waals surface area contributed by atoms with Gasteiger partial charge in [0.25, 0.3) is 0 Å². The van der Waals surface area contributed by atoms with E-state index >= 15 is 0 Å². The Morgan fingerprint density at radius 3 is 2.50 bits per heavy atom. The lowest BCUT2D eigenvalue weighted by Crippen LogP contribution is -2.41. The highest BCUT2D eigenvalue weighted by molar-refractivity contribution is 6.61. The van der Waals surface area contributed by atoms with Crippen LogP contribution in [0.25, 0.3) is 0 Å². The fourth-order valence-corrected chi connectivity index (χ4v) is 3.09. The van der Waals surface area contributed by atoms with Gasteiger partial charge in [-0.2, -0.15) is 5.10 Å². The number of nitrogens with zero attached hydrogens (tertiary/aromatic N) is 2. The van der Waals surface area contributed by atoms with Crippen LogP contribution < -0.4 is 10.8 Å². The molecular formula is C16H28BN3O2. The molecule has 1 aromatic heterocycles. The van der Waals surface area contributed by atoms with Gasteiger partial charge in [-0.15, -0.1) is 0 Å². The summed E-state index contributed by atoms with van der Waals surface area (Å²) in [6.45, 7) is 11.6. The van der Waals surface area contributed by atoms with Gasteiger partial charge in [-0.05, 0) is 66.0 Å². The molecule has 2 aliphatic heterocycles. The van der Waals surface area contributed by atoms with E-state index in [1.807, 2.05) is 10.9 Å². The molecule has 0 aromatic carbocycles. The van der Waals surface area contributed by atoms with Crippen LogP contribution in [0.4, 0.5) is 0 Å². The van der Waals surface area contributed by atoms with E-state index in [2.05, 4.69) is 44.3 Å². The molecule has 0 aliphatic carbocycles. The minimum atomic E-state index is -0.308. The molecule has 6 heteroatoms. The van der Waals surface area contributed by atoms with Crippen molar-refractivity contribution in [3.63, 3.8) is 0 Å². The van der Waals surface area contributed by atoms with Crippen LogP contribution in [0.1, 0.15) is 47.0 Å². The molecule has 0 bridgehead atoms. The van der Waals surface area contributed by atoms with Crippen LogP contribution in [0, 0.1) is 5.92 Å². The minimum Gasteiger partial charge on any atom is -0.399 e. The van der Waals surface area contributed by atoms with Crippen molar-refractivity contribution in [2.75, 3.05) is 13.1 Å². The molecule has 0 radical (unpaired) electrons. The second-order valence-electron chi connectivity index (χ2n) is 7.61. The maximum Gasteiger partial charge on any atom is 0.498 e. The molecular weight excluding hydrogens is 277 g/mol. The van der Waals surface area contributed by atoms with Gasteiger partial charge in [-0.25, -0.2) is 0 Å². The zero-order valence-electron chi connectivity index (χ0n) is 14.3. The van der Waals surface area contributed by atoms with Gasteiger partial charge in [0, 0.05) is 24.4 Å². The highest BCUT2D eigenvalue weighted by Crippen LogP contribution is 2.36. The van der Waals surface area contributed by atoms with Crippen molar-refractivity contribution in [1.29, 1.82) is 0 Å². The Morgan fingerprint density at radius 2 is 1.86 bits per heavy atom. The van der Waals surface area contributed by atoms with Crippen molar-refractivity contribution >= 4 is 12.6 Å². The quantitative estimate of drug-likeness (QED) is 0.858. The molecule has 2 saturated heterocycles. The Balaban J connectivity index is 1.57. The average molecular weight is 305 g/mol. The third-order valence-electron chi connectivity index (χ3n) is 5.40. The predicted molar refractivity (Wildman–Crippen MR) is 88.2 cm³/mol. The second kappa shape index (κ2) is 5.98. The Kier molecular flexibility index (Phi) is 4.36. The zero-order chi connectivity index (χ0) is 15.8. The minimum absolute atomic E-state index is 0.297. The number of nitrogens with one attached hydrogen (secondary N) is 1. The van der Waals surface area contributed by atoms with Gasteiger partial charge in [-0.3, -0.25) is 4.68 Å². The second-order valence-corrected chi connectivity index (χ2v) is 7.61. The molecule has 1 N–H and O–H groups in total. The van der Waals surface area contributed by atoms with Gasteiger partial charge in [0.15, 0.2) is 0 Å². The molecule has 2 aliphatic rings. The standard InChI is InChI=1S/C16H28BN3O2/c1-15(2)16(3,4)22-17(21-15)14-11-19-20(12-14)10-7-13-5-8-18-9-6-13/h11-13,18H,5-10H2,1-4H3. The third-order valence-corrected chi connectivity index (χ3v) is 5.40. The lowest BCUT2D eigenvalue weighted by Gasteiger charge is -2.32. The van der Waals surface area contributed by atoms with Crippen LogP contribution in [-0.2, 0) is 15.9 Å². The lowest BCUT2D eigenvalue weighted by atomic mass is 9.82. The van der Waals surface area contributed by atoms with Crippen LogP contribution in [0.15, 0.2) is 12.4 Å². The molecule has 122 valence electrons. The summed E-state index contributed by atoms with van der Waals surface area (Å²) < 4.78 is 14.2. The van der Waals surface area contributed by atoms with E-state index < -0.39 is 0 Å². The van der Waals surface area contributed by atoms with E-state index in [-0.39, 0.29) is 18.3 Å². The monoisotopic (exact) mass is 305 g/mol. The van der Waals surface area contributed by atoms with E-state index in [1.54, 1.807) is 0 Å². The topological polar surface area (TPSA) is 48.3 Å². The first-order valence-corrected chi connectivity index (χ1v) is 8.46. The van der Waals surface area contributed by atoms with Gasteiger partial charge in [0.05, 0.1) is 11.2 Å². The maximum absolute atomic E-state index is 6.07. The van der Waals surface area contributed by atoms with Gasteiger partial charge in [-0.1, -0.05) is 0 Å². The molecule has 22 heavy (non-hydrogen) atoms. The first-order valence-electron chi connectivity index (χ1n) is 8.46. The fourth-order valence-electron chi connectivity index (χ4n) is 3.09. The Morgan fingerprint density at radius 1 is 1.23 bits per heavy atom. The van der Waals surface area contributed by atoms with Crippen LogP contribution >= 0.6 is 0 Å². The van der Waals surface area contributed by atoms with Crippen molar-refractivity contribution in [2.24, 2.45) is 5.92 Å². The van der Waals surface area contributed by atoms with Crippen molar-refractivity contribution in [3.8, 4) is 0 Å². The lowest BCUT2D eigenvalue weighted by molar-refractivity contribution is 0.00578. The summed E-state index contributed by atoms with van der Waals surface area (Å²) in [5, 5.41) is 7.90. The Bertz CT molecular complexity index is 493. The third kappa shape index (κ3) is 3.24. The van der Waals surface area contributed by atoms with Crippen LogP contribution in [-0.4, -0.2) is 41.2 Å². The summed E-state index contributed by atoms with van der Waals surface area (Å²) in [6, 6.07) is 0. The number of rotatable bonds is 4. The van der Waals surface area contributed by atoms with E-state index in [1.165, 1.54) is 19.3 Å². The summed E-state index contributed by atoms with van der Waals surface area (Å²) in [5.41, 5.74) is 0.424. The van der Waals surface area contributed by atoms with Crippen molar-refractivity contribution in [1.82, 2.24) is 15.1 Å². The molecule has 0 unspecified atom stereocenters. The molecule has 0 amide bonds. The van der Waals surface area contributed by atoms with Gasteiger partial charge >= 0.3 is 7.12 Å². The molecule has 5 nitrogen and oxygen atoms in total. The molecule has 1 aromatic rings. The van der Waals surface area contributed by atoms with E-state index in [9.17, 15) is 0 Å². The van der Waals surface area contributed by atoms with E-state index in [0.29, 0.717) is 0 Å². The van der Waals surface area contributed by atoms with Crippen LogP contribution in [0.2, 0.25) is 0 Å². The summed E-state index contributed by atoms with van der Waals surface area (Å²) in [5.74, 6) is 0.825. The normalized spacial score (nSPS) is 24.8. The van der Waals surface area contributed by atoms with Gasteiger partial charge in [0.1, 0.15) is 0 Å². The fraction of sp³-hybridized carbons (Fsp3) is 0.812. The van der Waals surface area contributed by atoms with Crippen LogP contribution in [0.5, 0.6) is 0 Å². The SMILES string of the molecule is CC1(C)OB(c2cnn(CCC3CCNCC3)c2)OC1(C)C. The number of hydrogen-bond donors (Lipinski definition) is 1. The molecule has 2 fully saturated rings. The molecule has 3 rings (SSSR count). The van der Waals surface area contributed by atoms with Gasteiger partial charge in [0.2, 0.25) is 0 Å². The Hall–Kier alpha value is -0.845. The number of hydrogen-bond acceptors (Lipinski definition) is 4. The number of aryl methyl sites for hydroxylation is 1. The number of piperidine rings is 1. The van der Waals surface area contributed by atoms with Crippen molar-refractivity contribution in [2.45, 2.75) is 64.7 Å². The van der Waals surface area contributed by atoms with E-state index in [0.717, 1.165) is 31.0 Å². The molecule has 0 saturated carbocycles. The van der Waals surface area contributed by atoms with E-state index in [4.69, 9.17) is 9.31 Å². The Labute approximate surface area is 133 Å². The summed E-state index contributed by atoms with van der Waals surface area (Å²) in [7, 11) is -0.308.